The second-order valence-electron chi connectivity index (χ2n) is 5.70. The van der Waals surface area contributed by atoms with Crippen LogP contribution in [-0.2, 0) is 9.59 Å². The van der Waals surface area contributed by atoms with Crippen LogP contribution in [-0.4, -0.2) is 23.5 Å². The molecule has 0 radical (unpaired) electrons. The molecule has 1 amide bonds. The number of amides is 1. The molecule has 108 valence electrons. The molecule has 1 N–H and O–H groups in total. The van der Waals surface area contributed by atoms with E-state index in [9.17, 15) is 9.59 Å². The second kappa shape index (κ2) is 6.07. The van der Waals surface area contributed by atoms with Crippen LogP contribution in [0.5, 0.6) is 0 Å². The normalized spacial score (nSPS) is 16.9. The molecule has 4 nitrogen and oxygen atoms in total. The smallest absolute Gasteiger partial charge is 0.305 e. The Hall–Kier alpha value is -1.84. The number of para-hydroxylation sites is 1. The van der Waals surface area contributed by atoms with Gasteiger partial charge in [0.05, 0.1) is 6.42 Å². The highest BCUT2D eigenvalue weighted by Gasteiger charge is 2.39. The molecule has 1 aliphatic rings. The average Bonchev–Trinajstić information content (AvgIpc) is 2.88. The van der Waals surface area contributed by atoms with Crippen molar-refractivity contribution >= 4 is 17.6 Å². The molecule has 0 saturated heterocycles. The van der Waals surface area contributed by atoms with E-state index in [1.54, 1.807) is 4.90 Å². The summed E-state index contributed by atoms with van der Waals surface area (Å²) in [6.45, 7) is 2.23. The van der Waals surface area contributed by atoms with E-state index in [0.717, 1.165) is 31.4 Å². The summed E-state index contributed by atoms with van der Waals surface area (Å²) in [7, 11) is 0. The number of anilines is 1. The SMILES string of the molecule is CC1(C(=O)N(CCC(=O)O)c2ccccc2)CCCC1. The van der Waals surface area contributed by atoms with Crippen LogP contribution in [0.4, 0.5) is 5.69 Å². The van der Waals surface area contributed by atoms with Crippen LogP contribution in [0, 0.1) is 5.41 Å². The molecule has 1 fully saturated rings. The van der Waals surface area contributed by atoms with Crippen LogP contribution in [0.25, 0.3) is 0 Å². The lowest BCUT2D eigenvalue weighted by Crippen LogP contribution is -2.42. The van der Waals surface area contributed by atoms with Gasteiger partial charge in [-0.1, -0.05) is 38.0 Å². The van der Waals surface area contributed by atoms with Crippen molar-refractivity contribution in [3.05, 3.63) is 30.3 Å². The Balaban J connectivity index is 2.22. The van der Waals surface area contributed by atoms with Crippen molar-refractivity contribution in [1.29, 1.82) is 0 Å². The van der Waals surface area contributed by atoms with Gasteiger partial charge >= 0.3 is 5.97 Å². The van der Waals surface area contributed by atoms with Gasteiger partial charge in [-0.2, -0.15) is 0 Å². The molecule has 1 saturated carbocycles. The van der Waals surface area contributed by atoms with E-state index in [2.05, 4.69) is 0 Å². The molecule has 0 unspecified atom stereocenters. The molecule has 0 spiro atoms. The molecule has 1 aliphatic carbocycles. The minimum atomic E-state index is -0.879. The first-order chi connectivity index (χ1) is 9.53. The molecule has 4 heteroatoms. The Bertz CT molecular complexity index is 478. The lowest BCUT2D eigenvalue weighted by Gasteiger charge is -2.31. The predicted molar refractivity (Wildman–Crippen MR) is 77.6 cm³/mol. The lowest BCUT2D eigenvalue weighted by atomic mass is 9.87. The summed E-state index contributed by atoms with van der Waals surface area (Å²) in [6, 6.07) is 9.34. The van der Waals surface area contributed by atoms with Gasteiger partial charge in [-0.25, -0.2) is 0 Å². The predicted octanol–water partition coefficient (Wildman–Crippen LogP) is 3.07. The molecule has 1 aromatic carbocycles. The number of nitrogens with zero attached hydrogens (tertiary/aromatic N) is 1. The molecule has 20 heavy (non-hydrogen) atoms. The number of carbonyl (C=O) groups excluding carboxylic acids is 1. The first-order valence-corrected chi connectivity index (χ1v) is 7.12. The first kappa shape index (κ1) is 14.6. The molecule has 0 aromatic heterocycles. The highest BCUT2D eigenvalue weighted by molar-refractivity contribution is 5.97. The van der Waals surface area contributed by atoms with Crippen LogP contribution < -0.4 is 4.90 Å². The number of carbonyl (C=O) groups is 2. The standard InChI is InChI=1S/C16H21NO3/c1-16(10-5-6-11-16)15(20)17(12-9-14(18)19)13-7-3-2-4-8-13/h2-4,7-8H,5-6,9-12H2,1H3,(H,18,19). The van der Waals surface area contributed by atoms with E-state index in [-0.39, 0.29) is 24.3 Å². The number of carboxylic acid groups (broad SMARTS) is 1. The van der Waals surface area contributed by atoms with Crippen molar-refractivity contribution in [2.24, 2.45) is 5.41 Å². The molecule has 1 aromatic rings. The number of hydrogen-bond acceptors (Lipinski definition) is 2. The van der Waals surface area contributed by atoms with Gasteiger partial charge in [-0.3, -0.25) is 9.59 Å². The maximum Gasteiger partial charge on any atom is 0.305 e. The fourth-order valence-electron chi connectivity index (χ4n) is 2.86. The summed E-state index contributed by atoms with van der Waals surface area (Å²) in [5.41, 5.74) is 0.445. The Morgan fingerprint density at radius 2 is 1.80 bits per heavy atom. The highest BCUT2D eigenvalue weighted by atomic mass is 16.4. The zero-order chi connectivity index (χ0) is 14.6. The molecular formula is C16H21NO3. The van der Waals surface area contributed by atoms with Crippen LogP contribution in [0.3, 0.4) is 0 Å². The van der Waals surface area contributed by atoms with E-state index in [1.807, 2.05) is 37.3 Å². The zero-order valence-electron chi connectivity index (χ0n) is 11.8. The molecule has 0 aliphatic heterocycles. The van der Waals surface area contributed by atoms with E-state index < -0.39 is 5.97 Å². The minimum Gasteiger partial charge on any atom is -0.481 e. The monoisotopic (exact) mass is 275 g/mol. The zero-order valence-corrected chi connectivity index (χ0v) is 11.8. The fraction of sp³-hybridized carbons (Fsp3) is 0.500. The molecule has 0 heterocycles. The van der Waals surface area contributed by atoms with Crippen molar-refractivity contribution in [1.82, 2.24) is 0 Å². The third kappa shape index (κ3) is 3.18. The quantitative estimate of drug-likeness (QED) is 0.898. The second-order valence-corrected chi connectivity index (χ2v) is 5.70. The number of benzene rings is 1. The summed E-state index contributed by atoms with van der Waals surface area (Å²) in [5.74, 6) is -0.822. The molecule has 0 atom stereocenters. The topological polar surface area (TPSA) is 57.6 Å². The summed E-state index contributed by atoms with van der Waals surface area (Å²) in [6.07, 6.45) is 3.90. The van der Waals surface area contributed by atoms with Crippen molar-refractivity contribution in [3.63, 3.8) is 0 Å². The molecule has 2 rings (SSSR count). The Kier molecular flexibility index (Phi) is 4.42. The van der Waals surface area contributed by atoms with Gasteiger partial charge in [0.1, 0.15) is 0 Å². The molecule has 0 bridgehead atoms. The van der Waals surface area contributed by atoms with Crippen molar-refractivity contribution in [2.75, 3.05) is 11.4 Å². The maximum atomic E-state index is 12.8. The summed E-state index contributed by atoms with van der Waals surface area (Å²) in [4.78, 5) is 25.3. The fourth-order valence-corrected chi connectivity index (χ4v) is 2.86. The van der Waals surface area contributed by atoms with Gasteiger partial charge in [-0.05, 0) is 25.0 Å². The van der Waals surface area contributed by atoms with Crippen molar-refractivity contribution in [3.8, 4) is 0 Å². The van der Waals surface area contributed by atoms with Crippen molar-refractivity contribution < 1.29 is 14.7 Å². The van der Waals surface area contributed by atoms with E-state index >= 15 is 0 Å². The summed E-state index contributed by atoms with van der Waals surface area (Å²) >= 11 is 0. The minimum absolute atomic E-state index is 0.0310. The van der Waals surface area contributed by atoms with Crippen LogP contribution in [0.1, 0.15) is 39.0 Å². The maximum absolute atomic E-state index is 12.8. The van der Waals surface area contributed by atoms with Gasteiger partial charge in [0.2, 0.25) is 5.91 Å². The van der Waals surface area contributed by atoms with Crippen molar-refractivity contribution in [2.45, 2.75) is 39.0 Å². The number of hydrogen-bond donors (Lipinski definition) is 1. The van der Waals surface area contributed by atoms with Gasteiger partial charge < -0.3 is 10.0 Å². The van der Waals surface area contributed by atoms with E-state index in [4.69, 9.17) is 5.11 Å². The van der Waals surface area contributed by atoms with Crippen LogP contribution in [0.2, 0.25) is 0 Å². The first-order valence-electron chi connectivity index (χ1n) is 7.12. The van der Waals surface area contributed by atoms with E-state index in [1.165, 1.54) is 0 Å². The largest absolute Gasteiger partial charge is 0.481 e. The van der Waals surface area contributed by atoms with Gasteiger partial charge in [-0.15, -0.1) is 0 Å². The van der Waals surface area contributed by atoms with Gasteiger partial charge in [0.25, 0.3) is 0 Å². The van der Waals surface area contributed by atoms with E-state index in [0.29, 0.717) is 0 Å². The van der Waals surface area contributed by atoms with Crippen LogP contribution >= 0.6 is 0 Å². The Morgan fingerprint density at radius 3 is 2.35 bits per heavy atom. The lowest BCUT2D eigenvalue weighted by molar-refractivity contribution is -0.136. The van der Waals surface area contributed by atoms with Crippen LogP contribution in [0.15, 0.2) is 30.3 Å². The Morgan fingerprint density at radius 1 is 1.20 bits per heavy atom. The number of aliphatic carboxylic acids is 1. The Labute approximate surface area is 119 Å². The molecular weight excluding hydrogens is 254 g/mol. The number of carboxylic acids is 1. The van der Waals surface area contributed by atoms with Gasteiger partial charge in [0, 0.05) is 17.6 Å². The average molecular weight is 275 g/mol. The third-order valence-corrected chi connectivity index (χ3v) is 4.09. The number of rotatable bonds is 5. The van der Waals surface area contributed by atoms with Gasteiger partial charge in [0.15, 0.2) is 0 Å². The summed E-state index contributed by atoms with van der Waals surface area (Å²) < 4.78 is 0. The summed E-state index contributed by atoms with van der Waals surface area (Å²) in [5, 5.41) is 8.88. The third-order valence-electron chi connectivity index (χ3n) is 4.09. The highest BCUT2D eigenvalue weighted by Crippen LogP contribution is 2.40.